The zero-order chi connectivity index (χ0) is 37.5. The highest BCUT2D eigenvalue weighted by molar-refractivity contribution is 6.38. The fourth-order valence-electron chi connectivity index (χ4n) is 7.15. The SMILES string of the molecule is C=CCCC(NC(=O)[C@@H]1[C@H]2C[C@H]2CN1C(=O)[C@@H](C(=O)OC(C)(C)C)C1CCCCC1)C(=O)C(=O)NCC(=O)N[C@H](C(=O)N(C)C)c1ccccc1. The lowest BCUT2D eigenvalue weighted by Crippen LogP contribution is -2.56. The minimum Gasteiger partial charge on any atom is -0.459 e. The number of carbonyl (C=O) groups is 7. The van der Waals surface area contributed by atoms with E-state index in [-0.39, 0.29) is 30.1 Å². The molecule has 5 amide bonds. The fraction of sp³-hybridized carbons (Fsp3) is 0.605. The van der Waals surface area contributed by atoms with Crippen molar-refractivity contribution in [3.63, 3.8) is 0 Å². The standard InChI is InChI=1S/C38H53N5O8/c1-7-8-19-27(32(45)34(47)39-21-28(44)41-30(36(49)42(5)6)24-17-13-10-14-18-24)40-33(46)31-26-20-25(26)22-43(31)35(48)29(23-15-11-9-12-16-23)37(50)51-38(2,3)4/h7,10,13-14,17-18,23,25-27,29-31H,1,8-9,11-12,15-16,19-22H2,2-6H3,(H,39,47)(H,40,46)(H,41,44)/t25-,26-,27?,29-,30-,31-/m0/s1. The molecule has 0 bridgehead atoms. The van der Waals surface area contributed by atoms with Crippen molar-refractivity contribution in [3.05, 3.63) is 48.6 Å². The number of nitrogens with zero attached hydrogens (tertiary/aromatic N) is 2. The van der Waals surface area contributed by atoms with Gasteiger partial charge in [-0.2, -0.15) is 0 Å². The van der Waals surface area contributed by atoms with Crippen LogP contribution < -0.4 is 16.0 Å². The lowest BCUT2D eigenvalue weighted by Gasteiger charge is -2.35. The highest BCUT2D eigenvalue weighted by Crippen LogP contribution is 2.50. The Morgan fingerprint density at radius 1 is 1.00 bits per heavy atom. The van der Waals surface area contributed by atoms with Gasteiger partial charge in [0.2, 0.25) is 29.4 Å². The predicted molar refractivity (Wildman–Crippen MR) is 188 cm³/mol. The third-order valence-electron chi connectivity index (χ3n) is 9.80. The molecule has 6 atom stereocenters. The van der Waals surface area contributed by atoms with Gasteiger partial charge in [-0.15, -0.1) is 6.58 Å². The summed E-state index contributed by atoms with van der Waals surface area (Å²) in [4.78, 5) is 96.5. The molecule has 278 valence electrons. The number of hydrogen-bond donors (Lipinski definition) is 3. The molecular formula is C38H53N5O8. The molecular weight excluding hydrogens is 654 g/mol. The molecule has 3 N–H and O–H groups in total. The molecule has 1 heterocycles. The quantitative estimate of drug-likeness (QED) is 0.108. The van der Waals surface area contributed by atoms with Crippen LogP contribution in [0.4, 0.5) is 0 Å². The maximum atomic E-state index is 14.2. The number of ketones is 1. The number of carbonyl (C=O) groups excluding carboxylic acids is 7. The van der Waals surface area contributed by atoms with Gasteiger partial charge in [0, 0.05) is 20.6 Å². The third-order valence-corrected chi connectivity index (χ3v) is 9.80. The fourth-order valence-corrected chi connectivity index (χ4v) is 7.15. The lowest BCUT2D eigenvalue weighted by molar-refractivity contribution is -0.169. The van der Waals surface area contributed by atoms with Crippen molar-refractivity contribution in [2.24, 2.45) is 23.7 Å². The number of allylic oxidation sites excluding steroid dienone is 1. The van der Waals surface area contributed by atoms with Gasteiger partial charge in [0.1, 0.15) is 23.6 Å². The molecule has 1 saturated heterocycles. The van der Waals surface area contributed by atoms with E-state index in [1.165, 1.54) is 9.80 Å². The number of nitrogens with one attached hydrogen (secondary N) is 3. The molecule has 0 aromatic heterocycles. The number of amides is 5. The van der Waals surface area contributed by atoms with Crippen molar-refractivity contribution in [2.75, 3.05) is 27.2 Å². The van der Waals surface area contributed by atoms with E-state index in [1.807, 2.05) is 0 Å². The number of benzene rings is 1. The van der Waals surface area contributed by atoms with E-state index in [4.69, 9.17) is 4.74 Å². The molecule has 2 aliphatic carbocycles. The van der Waals surface area contributed by atoms with Crippen LogP contribution in [0, 0.1) is 23.7 Å². The summed E-state index contributed by atoms with van der Waals surface area (Å²) in [6.45, 7) is 8.70. The topological polar surface area (TPSA) is 171 Å². The molecule has 1 aromatic carbocycles. The second-order valence-corrected chi connectivity index (χ2v) is 15.1. The molecule has 3 aliphatic rings. The largest absolute Gasteiger partial charge is 0.459 e. The van der Waals surface area contributed by atoms with Gasteiger partial charge in [-0.25, -0.2) is 0 Å². The van der Waals surface area contributed by atoms with Crippen molar-refractivity contribution in [2.45, 2.75) is 95.9 Å². The Bertz CT molecular complexity index is 1480. The number of hydrogen-bond acceptors (Lipinski definition) is 8. The van der Waals surface area contributed by atoms with Gasteiger partial charge < -0.3 is 30.5 Å². The Hall–Kier alpha value is -4.55. The Balaban J connectivity index is 1.43. The van der Waals surface area contributed by atoms with Crippen molar-refractivity contribution in [3.8, 4) is 0 Å². The molecule has 2 saturated carbocycles. The molecule has 3 fully saturated rings. The van der Waals surface area contributed by atoms with Gasteiger partial charge in [0.05, 0.1) is 12.6 Å². The Morgan fingerprint density at radius 3 is 2.27 bits per heavy atom. The van der Waals surface area contributed by atoms with Crippen molar-refractivity contribution >= 4 is 41.3 Å². The second-order valence-electron chi connectivity index (χ2n) is 15.1. The summed E-state index contributed by atoms with van der Waals surface area (Å²) < 4.78 is 5.71. The Morgan fingerprint density at radius 2 is 1.67 bits per heavy atom. The number of Topliss-reactive ketones (excluding diaryl/α,β-unsaturated/α-hetero) is 1. The van der Waals surface area contributed by atoms with Gasteiger partial charge >= 0.3 is 5.97 Å². The van der Waals surface area contributed by atoms with Crippen LogP contribution in [0.1, 0.15) is 83.7 Å². The van der Waals surface area contributed by atoms with Gasteiger partial charge in [-0.1, -0.05) is 55.7 Å². The van der Waals surface area contributed by atoms with Crippen LogP contribution in [0.15, 0.2) is 43.0 Å². The summed E-state index contributed by atoms with van der Waals surface area (Å²) in [5, 5.41) is 7.64. The van der Waals surface area contributed by atoms with Gasteiger partial charge in [-0.3, -0.25) is 33.6 Å². The van der Waals surface area contributed by atoms with Crippen LogP contribution in [-0.4, -0.2) is 96.0 Å². The average Bonchev–Trinajstić information content (AvgIpc) is 3.75. The number of rotatable bonds is 15. The first-order chi connectivity index (χ1) is 24.1. The highest BCUT2D eigenvalue weighted by atomic mass is 16.6. The lowest BCUT2D eigenvalue weighted by atomic mass is 9.79. The summed E-state index contributed by atoms with van der Waals surface area (Å²) in [6, 6.07) is 5.48. The first-order valence-electron chi connectivity index (χ1n) is 17.9. The molecule has 51 heavy (non-hydrogen) atoms. The third kappa shape index (κ3) is 10.3. The maximum absolute atomic E-state index is 14.2. The normalized spacial score (nSPS) is 21.6. The van der Waals surface area contributed by atoms with E-state index < -0.39 is 71.6 Å². The summed E-state index contributed by atoms with van der Waals surface area (Å²) in [5.41, 5.74) is -0.241. The number of fused-ring (bicyclic) bond motifs is 1. The summed E-state index contributed by atoms with van der Waals surface area (Å²) in [6.07, 6.45) is 6.96. The zero-order valence-electron chi connectivity index (χ0n) is 30.4. The van der Waals surface area contributed by atoms with E-state index in [2.05, 4.69) is 22.5 Å². The van der Waals surface area contributed by atoms with Crippen LogP contribution in [0.25, 0.3) is 0 Å². The number of likely N-dealkylation sites (tertiary alicyclic amines) is 1. The first-order valence-corrected chi connectivity index (χ1v) is 17.9. The van der Waals surface area contributed by atoms with Gasteiger partial charge in [0.25, 0.3) is 5.91 Å². The second kappa shape index (κ2) is 17.1. The van der Waals surface area contributed by atoms with E-state index in [1.54, 1.807) is 71.3 Å². The van der Waals surface area contributed by atoms with Crippen molar-refractivity contribution in [1.29, 1.82) is 0 Å². The highest BCUT2D eigenvalue weighted by Gasteiger charge is 2.59. The Kier molecular flexibility index (Phi) is 13.2. The van der Waals surface area contributed by atoms with Gasteiger partial charge in [0.15, 0.2) is 0 Å². The predicted octanol–water partition coefficient (Wildman–Crippen LogP) is 2.45. The minimum absolute atomic E-state index is 0.0679. The smallest absolute Gasteiger partial charge is 0.319 e. The average molecular weight is 708 g/mol. The van der Waals surface area contributed by atoms with E-state index >= 15 is 0 Å². The molecule has 1 aliphatic heterocycles. The summed E-state index contributed by atoms with van der Waals surface area (Å²) in [7, 11) is 3.12. The van der Waals surface area contributed by atoms with Crippen LogP contribution in [0.2, 0.25) is 0 Å². The monoisotopic (exact) mass is 707 g/mol. The molecule has 4 rings (SSSR count). The van der Waals surface area contributed by atoms with Crippen LogP contribution in [0.5, 0.6) is 0 Å². The van der Waals surface area contributed by atoms with Crippen molar-refractivity contribution < 1.29 is 38.3 Å². The summed E-state index contributed by atoms with van der Waals surface area (Å²) >= 11 is 0. The molecule has 1 unspecified atom stereocenters. The number of ether oxygens (including phenoxy) is 1. The first kappa shape index (κ1) is 39.2. The number of likely N-dealkylation sites (N-methyl/N-ethyl adjacent to an activating group) is 1. The van der Waals surface area contributed by atoms with Crippen LogP contribution >= 0.6 is 0 Å². The maximum Gasteiger partial charge on any atom is 0.319 e. The molecule has 0 spiro atoms. The molecule has 1 aromatic rings. The van der Waals surface area contributed by atoms with Gasteiger partial charge in [-0.05, 0) is 76.2 Å². The number of esters is 1. The Labute approximate surface area is 300 Å². The minimum atomic E-state index is -1.25. The molecule has 13 heteroatoms. The van der Waals surface area contributed by atoms with E-state index in [9.17, 15) is 33.6 Å². The number of piperidine rings is 1. The molecule has 0 radical (unpaired) electrons. The van der Waals surface area contributed by atoms with Crippen molar-refractivity contribution in [1.82, 2.24) is 25.8 Å². The molecule has 13 nitrogen and oxygen atoms in total. The van der Waals surface area contributed by atoms with E-state index in [0.717, 1.165) is 38.5 Å². The van der Waals surface area contributed by atoms with Crippen LogP contribution in [-0.2, 0) is 38.3 Å². The summed E-state index contributed by atoms with van der Waals surface area (Å²) in [5.74, 6) is -5.91. The van der Waals surface area contributed by atoms with Crippen LogP contribution in [0.3, 0.4) is 0 Å². The van der Waals surface area contributed by atoms with E-state index in [0.29, 0.717) is 18.5 Å². The zero-order valence-corrected chi connectivity index (χ0v) is 30.4.